The van der Waals surface area contributed by atoms with E-state index in [-0.39, 0.29) is 12.5 Å². The Morgan fingerprint density at radius 3 is 2.60 bits per heavy atom. The molecule has 1 rings (SSSR count). The van der Waals surface area contributed by atoms with Gasteiger partial charge in [-0.2, -0.15) is 0 Å². The van der Waals surface area contributed by atoms with Crippen LogP contribution in [0.1, 0.15) is 33.6 Å². The van der Waals surface area contributed by atoms with Crippen molar-refractivity contribution in [2.45, 2.75) is 40.3 Å². The van der Waals surface area contributed by atoms with E-state index in [9.17, 15) is 4.79 Å². The fourth-order valence-corrected chi connectivity index (χ4v) is 1.42. The summed E-state index contributed by atoms with van der Waals surface area (Å²) in [5.41, 5.74) is 0. The minimum atomic E-state index is -0.0544. The Balaban J connectivity index is 2.43. The number of hydrogen-bond donors (Lipinski definition) is 2. The molecule has 2 N–H and O–H groups in total. The normalized spacial score (nSPS) is 11.2. The van der Waals surface area contributed by atoms with Crippen molar-refractivity contribution in [3.63, 3.8) is 0 Å². The first-order valence-corrected chi connectivity index (χ1v) is 6.92. The Hall–Kier alpha value is -1.63. The van der Waals surface area contributed by atoms with Crippen LogP contribution in [0.25, 0.3) is 0 Å². The van der Waals surface area contributed by atoms with E-state index < -0.39 is 0 Å². The lowest BCUT2D eigenvalue weighted by atomic mass is 10.2. The zero-order valence-electron chi connectivity index (χ0n) is 12.9. The number of likely N-dealkylation sites (N-methyl/N-ethyl adjacent to an activating group) is 1. The van der Waals surface area contributed by atoms with Gasteiger partial charge in [0.25, 0.3) is 0 Å². The minimum Gasteiger partial charge on any atom is -0.407 e. The summed E-state index contributed by atoms with van der Waals surface area (Å²) in [6.45, 7) is 9.58. The standard InChI is InChI=1S/C13H25N5O2/c1-9(2)6-15-11(19)8-18(5)13-17-16-12(20-13)7-14-10(3)4/h9-10,14H,6-8H2,1-5H3,(H,15,19). The van der Waals surface area contributed by atoms with E-state index >= 15 is 0 Å². The van der Waals surface area contributed by atoms with Crippen molar-refractivity contribution in [3.8, 4) is 0 Å². The van der Waals surface area contributed by atoms with E-state index in [0.717, 1.165) is 0 Å². The molecule has 0 saturated carbocycles. The third-order valence-corrected chi connectivity index (χ3v) is 2.53. The van der Waals surface area contributed by atoms with Gasteiger partial charge in [0.15, 0.2) is 0 Å². The topological polar surface area (TPSA) is 83.3 Å². The monoisotopic (exact) mass is 283 g/mol. The van der Waals surface area contributed by atoms with Crippen molar-refractivity contribution < 1.29 is 9.21 Å². The van der Waals surface area contributed by atoms with Gasteiger partial charge in [0, 0.05) is 19.6 Å². The molecule has 0 unspecified atom stereocenters. The van der Waals surface area contributed by atoms with Crippen molar-refractivity contribution in [2.75, 3.05) is 25.0 Å². The van der Waals surface area contributed by atoms with Gasteiger partial charge in [0.1, 0.15) is 6.54 Å². The van der Waals surface area contributed by atoms with Gasteiger partial charge in [-0.25, -0.2) is 0 Å². The van der Waals surface area contributed by atoms with Gasteiger partial charge in [0.2, 0.25) is 11.8 Å². The zero-order valence-corrected chi connectivity index (χ0v) is 12.9. The number of anilines is 1. The van der Waals surface area contributed by atoms with Crippen LogP contribution in [0.15, 0.2) is 4.42 Å². The number of carbonyl (C=O) groups is 1. The number of nitrogens with one attached hydrogen (secondary N) is 2. The van der Waals surface area contributed by atoms with Crippen LogP contribution in [0.3, 0.4) is 0 Å². The van der Waals surface area contributed by atoms with Gasteiger partial charge in [0.05, 0.1) is 6.54 Å². The predicted octanol–water partition coefficient (Wildman–Crippen LogP) is 0.776. The SMILES string of the molecule is CC(C)CNC(=O)CN(C)c1nnc(CNC(C)C)o1. The molecule has 0 radical (unpaired) electrons. The van der Waals surface area contributed by atoms with Gasteiger partial charge < -0.3 is 20.0 Å². The summed E-state index contributed by atoms with van der Waals surface area (Å²) in [7, 11) is 1.75. The van der Waals surface area contributed by atoms with Gasteiger partial charge in [-0.3, -0.25) is 4.79 Å². The molecule has 7 nitrogen and oxygen atoms in total. The summed E-state index contributed by atoms with van der Waals surface area (Å²) in [5.74, 6) is 0.894. The molecular weight excluding hydrogens is 258 g/mol. The molecule has 0 aliphatic heterocycles. The van der Waals surface area contributed by atoms with Crippen molar-refractivity contribution in [1.29, 1.82) is 0 Å². The first-order chi connectivity index (χ1) is 9.38. The number of aromatic nitrogens is 2. The number of amides is 1. The lowest BCUT2D eigenvalue weighted by molar-refractivity contribution is -0.119. The van der Waals surface area contributed by atoms with Crippen LogP contribution in [0, 0.1) is 5.92 Å². The van der Waals surface area contributed by atoms with E-state index in [1.165, 1.54) is 0 Å². The average Bonchev–Trinajstić information content (AvgIpc) is 2.82. The summed E-state index contributed by atoms with van der Waals surface area (Å²) in [4.78, 5) is 13.3. The maximum Gasteiger partial charge on any atom is 0.318 e. The Morgan fingerprint density at radius 2 is 2.00 bits per heavy atom. The molecule has 0 fully saturated rings. The maximum absolute atomic E-state index is 11.7. The highest BCUT2D eigenvalue weighted by molar-refractivity contribution is 5.80. The molecule has 0 aliphatic carbocycles. The Labute approximate surface area is 120 Å². The number of hydrogen-bond acceptors (Lipinski definition) is 6. The first-order valence-electron chi connectivity index (χ1n) is 6.92. The Kier molecular flexibility index (Phi) is 6.44. The van der Waals surface area contributed by atoms with Crippen molar-refractivity contribution in [2.24, 2.45) is 5.92 Å². The van der Waals surface area contributed by atoms with Crippen LogP contribution in [0.5, 0.6) is 0 Å². The molecule has 0 spiro atoms. The molecule has 1 aromatic heterocycles. The molecule has 7 heteroatoms. The van der Waals surface area contributed by atoms with E-state index in [1.807, 2.05) is 13.8 Å². The lowest BCUT2D eigenvalue weighted by Gasteiger charge is -2.14. The van der Waals surface area contributed by atoms with Crippen LogP contribution >= 0.6 is 0 Å². The summed E-state index contributed by atoms with van der Waals surface area (Å²) in [6.07, 6.45) is 0. The quantitative estimate of drug-likeness (QED) is 0.733. The molecule has 114 valence electrons. The van der Waals surface area contributed by atoms with Gasteiger partial charge in [-0.05, 0) is 5.92 Å². The van der Waals surface area contributed by atoms with Crippen molar-refractivity contribution in [1.82, 2.24) is 20.8 Å². The third-order valence-electron chi connectivity index (χ3n) is 2.53. The second-order valence-corrected chi connectivity index (χ2v) is 5.57. The van der Waals surface area contributed by atoms with Crippen LogP contribution < -0.4 is 15.5 Å². The molecule has 0 bridgehead atoms. The largest absolute Gasteiger partial charge is 0.407 e. The highest BCUT2D eigenvalue weighted by Gasteiger charge is 2.14. The van der Waals surface area contributed by atoms with E-state index in [2.05, 4.69) is 34.7 Å². The first kappa shape index (κ1) is 16.4. The molecule has 0 aromatic carbocycles. The Bertz CT molecular complexity index is 417. The Morgan fingerprint density at radius 1 is 1.30 bits per heavy atom. The van der Waals surface area contributed by atoms with E-state index in [1.54, 1.807) is 11.9 Å². The molecule has 20 heavy (non-hydrogen) atoms. The average molecular weight is 283 g/mol. The predicted molar refractivity (Wildman–Crippen MR) is 77.4 cm³/mol. The van der Waals surface area contributed by atoms with Crippen molar-refractivity contribution in [3.05, 3.63) is 5.89 Å². The molecule has 1 aromatic rings. The van der Waals surface area contributed by atoms with Crippen LogP contribution in [0.2, 0.25) is 0 Å². The van der Waals surface area contributed by atoms with Gasteiger partial charge in [-0.15, -0.1) is 5.10 Å². The number of rotatable bonds is 8. The smallest absolute Gasteiger partial charge is 0.318 e. The highest BCUT2D eigenvalue weighted by atomic mass is 16.4. The van der Waals surface area contributed by atoms with E-state index in [0.29, 0.717) is 37.0 Å². The minimum absolute atomic E-state index is 0.0544. The number of nitrogens with zero attached hydrogens (tertiary/aromatic N) is 3. The molecule has 1 heterocycles. The summed E-state index contributed by atoms with van der Waals surface area (Å²) >= 11 is 0. The van der Waals surface area contributed by atoms with Crippen LogP contribution in [0.4, 0.5) is 6.01 Å². The van der Waals surface area contributed by atoms with Crippen LogP contribution in [-0.4, -0.2) is 42.3 Å². The number of carbonyl (C=O) groups excluding carboxylic acids is 1. The fraction of sp³-hybridized carbons (Fsp3) is 0.769. The lowest BCUT2D eigenvalue weighted by Crippen LogP contribution is -2.37. The third kappa shape index (κ3) is 6.01. The zero-order chi connectivity index (χ0) is 15.1. The van der Waals surface area contributed by atoms with Crippen molar-refractivity contribution >= 4 is 11.9 Å². The van der Waals surface area contributed by atoms with Gasteiger partial charge >= 0.3 is 6.01 Å². The second kappa shape index (κ2) is 7.84. The second-order valence-electron chi connectivity index (χ2n) is 5.57. The van der Waals surface area contributed by atoms with Crippen LogP contribution in [-0.2, 0) is 11.3 Å². The summed E-state index contributed by atoms with van der Waals surface area (Å²) in [6, 6.07) is 0.704. The molecule has 1 amide bonds. The summed E-state index contributed by atoms with van der Waals surface area (Å²) < 4.78 is 5.48. The van der Waals surface area contributed by atoms with E-state index in [4.69, 9.17) is 4.42 Å². The molecule has 0 atom stereocenters. The summed E-state index contributed by atoms with van der Waals surface area (Å²) in [5, 5.41) is 13.9. The maximum atomic E-state index is 11.7. The highest BCUT2D eigenvalue weighted by Crippen LogP contribution is 2.09. The molecular formula is C13H25N5O2. The fourth-order valence-electron chi connectivity index (χ4n) is 1.42. The molecule has 0 aliphatic rings. The van der Waals surface area contributed by atoms with Gasteiger partial charge in [-0.1, -0.05) is 32.8 Å². The molecule has 0 saturated heterocycles.